The van der Waals surface area contributed by atoms with Crippen molar-refractivity contribution in [2.24, 2.45) is 0 Å². The molecule has 1 aromatic carbocycles. The summed E-state index contributed by atoms with van der Waals surface area (Å²) in [5.41, 5.74) is 1.36. The molecule has 0 radical (unpaired) electrons. The van der Waals surface area contributed by atoms with E-state index in [-0.39, 0.29) is 0 Å². The molecule has 3 heteroatoms. The third kappa shape index (κ3) is 5.75. The lowest BCUT2D eigenvalue weighted by atomic mass is 10.2. The zero-order valence-corrected chi connectivity index (χ0v) is 13.1. The first-order valence-electron chi connectivity index (χ1n) is 5.89. The molecule has 1 nitrogen and oxygen atoms in total. The van der Waals surface area contributed by atoms with Crippen molar-refractivity contribution in [3.05, 3.63) is 40.4 Å². The Morgan fingerprint density at radius 3 is 2.71 bits per heavy atom. The van der Waals surface area contributed by atoms with Crippen LogP contribution in [0.2, 0.25) is 0 Å². The average molecular weight is 314 g/mol. The fourth-order valence-corrected chi connectivity index (χ4v) is 3.15. The Labute approximate surface area is 117 Å². The predicted molar refractivity (Wildman–Crippen MR) is 81.8 cm³/mol. The number of allylic oxidation sites excluding steroid dienone is 1. The molecule has 1 rings (SSSR count). The highest BCUT2D eigenvalue weighted by Gasteiger charge is 2.06. The highest BCUT2D eigenvalue weighted by Crippen LogP contribution is 2.27. The predicted octanol–water partition coefficient (Wildman–Crippen LogP) is 4.49. The lowest BCUT2D eigenvalue weighted by molar-refractivity contribution is 0.665. The largest absolute Gasteiger partial charge is 0.310 e. The van der Waals surface area contributed by atoms with Crippen molar-refractivity contribution in [2.45, 2.75) is 31.7 Å². The number of halogens is 1. The van der Waals surface area contributed by atoms with Crippen LogP contribution in [0.3, 0.4) is 0 Å². The Bertz CT molecular complexity index is 372. The molecule has 0 saturated carbocycles. The number of hydrogen-bond acceptors (Lipinski definition) is 2. The van der Waals surface area contributed by atoms with Gasteiger partial charge in [-0.3, -0.25) is 0 Å². The first-order chi connectivity index (χ1) is 8.13. The van der Waals surface area contributed by atoms with E-state index in [1.807, 2.05) is 17.8 Å². The van der Waals surface area contributed by atoms with Crippen LogP contribution in [0, 0.1) is 0 Å². The molecule has 1 N–H and O–H groups in total. The first kappa shape index (κ1) is 14.8. The number of thioether (sulfide) groups is 1. The second-order valence-electron chi connectivity index (χ2n) is 4.15. The lowest BCUT2D eigenvalue weighted by Crippen LogP contribution is -2.29. The van der Waals surface area contributed by atoms with Crippen LogP contribution >= 0.6 is 27.7 Å². The molecular formula is C14H20BrNS. The molecule has 0 bridgehead atoms. The van der Waals surface area contributed by atoms with Crippen molar-refractivity contribution in [3.8, 4) is 0 Å². The minimum atomic E-state index is 0.446. The van der Waals surface area contributed by atoms with Gasteiger partial charge in [-0.05, 0) is 48.5 Å². The summed E-state index contributed by atoms with van der Waals surface area (Å²) in [6.45, 7) is 7.45. The summed E-state index contributed by atoms with van der Waals surface area (Å²) in [6, 6.07) is 8.82. The molecule has 0 aromatic heterocycles. The van der Waals surface area contributed by atoms with Crippen LogP contribution in [0.25, 0.3) is 0 Å². The van der Waals surface area contributed by atoms with Gasteiger partial charge in [0.1, 0.15) is 0 Å². The molecule has 0 saturated heterocycles. The van der Waals surface area contributed by atoms with Gasteiger partial charge in [0.2, 0.25) is 0 Å². The summed E-state index contributed by atoms with van der Waals surface area (Å²) in [6.07, 6.45) is 2.30. The van der Waals surface area contributed by atoms with Gasteiger partial charge in [-0.1, -0.05) is 30.7 Å². The molecule has 0 aliphatic heterocycles. The summed E-state index contributed by atoms with van der Waals surface area (Å²) in [7, 11) is 0. The maximum atomic E-state index is 3.58. The standard InChI is InChI=1S/C14H20BrNS/c1-4-16-12(9-11(2)3)10-17-14-8-6-5-7-13(14)15/h5-9,12,16H,4,10H2,1-3H3. The zero-order valence-electron chi connectivity index (χ0n) is 10.7. The summed E-state index contributed by atoms with van der Waals surface area (Å²) < 4.78 is 1.18. The molecular weight excluding hydrogens is 294 g/mol. The molecule has 1 atom stereocenters. The lowest BCUT2D eigenvalue weighted by Gasteiger charge is -2.14. The molecule has 0 aliphatic rings. The van der Waals surface area contributed by atoms with Crippen molar-refractivity contribution in [1.82, 2.24) is 5.32 Å². The Morgan fingerprint density at radius 1 is 1.41 bits per heavy atom. The third-order valence-electron chi connectivity index (χ3n) is 2.26. The van der Waals surface area contributed by atoms with Crippen molar-refractivity contribution in [1.29, 1.82) is 0 Å². The smallest absolute Gasteiger partial charge is 0.0347 e. The van der Waals surface area contributed by atoms with E-state index >= 15 is 0 Å². The number of benzene rings is 1. The number of likely N-dealkylation sites (N-methyl/N-ethyl adjacent to an activating group) is 1. The van der Waals surface area contributed by atoms with Gasteiger partial charge in [-0.15, -0.1) is 11.8 Å². The third-order valence-corrected chi connectivity index (χ3v) is 4.40. The normalized spacial score (nSPS) is 12.2. The van der Waals surface area contributed by atoms with Gasteiger partial charge in [0.05, 0.1) is 0 Å². The summed E-state index contributed by atoms with van der Waals surface area (Å²) >= 11 is 5.46. The highest BCUT2D eigenvalue weighted by atomic mass is 79.9. The van der Waals surface area contributed by atoms with E-state index in [4.69, 9.17) is 0 Å². The number of hydrogen-bond donors (Lipinski definition) is 1. The molecule has 0 amide bonds. The van der Waals surface area contributed by atoms with E-state index in [1.54, 1.807) is 0 Å². The van der Waals surface area contributed by atoms with Gasteiger partial charge < -0.3 is 5.32 Å². The highest BCUT2D eigenvalue weighted by molar-refractivity contribution is 9.10. The van der Waals surface area contributed by atoms with E-state index in [1.165, 1.54) is 14.9 Å². The maximum absolute atomic E-state index is 3.58. The van der Waals surface area contributed by atoms with Crippen LogP contribution in [0.5, 0.6) is 0 Å². The summed E-state index contributed by atoms with van der Waals surface area (Å²) in [5.74, 6) is 1.06. The topological polar surface area (TPSA) is 12.0 Å². The summed E-state index contributed by atoms with van der Waals surface area (Å²) in [5, 5.41) is 3.49. The molecule has 0 heterocycles. The molecule has 94 valence electrons. The van der Waals surface area contributed by atoms with Gasteiger partial charge in [-0.25, -0.2) is 0 Å². The molecule has 0 aliphatic carbocycles. The molecule has 1 aromatic rings. The van der Waals surface area contributed by atoms with Crippen LogP contribution in [-0.4, -0.2) is 18.3 Å². The Morgan fingerprint density at radius 2 is 2.12 bits per heavy atom. The molecule has 0 fully saturated rings. The maximum Gasteiger partial charge on any atom is 0.0347 e. The quantitative estimate of drug-likeness (QED) is 0.613. The fraction of sp³-hybridized carbons (Fsp3) is 0.429. The van der Waals surface area contributed by atoms with Crippen molar-refractivity contribution < 1.29 is 0 Å². The van der Waals surface area contributed by atoms with E-state index in [0.717, 1.165) is 12.3 Å². The fourth-order valence-electron chi connectivity index (χ4n) is 1.57. The minimum absolute atomic E-state index is 0.446. The molecule has 17 heavy (non-hydrogen) atoms. The van der Waals surface area contributed by atoms with Gasteiger partial charge in [0, 0.05) is 21.2 Å². The van der Waals surface area contributed by atoms with Gasteiger partial charge in [0.25, 0.3) is 0 Å². The van der Waals surface area contributed by atoms with E-state index in [9.17, 15) is 0 Å². The Hall–Kier alpha value is -0.250. The van der Waals surface area contributed by atoms with E-state index in [2.05, 4.69) is 66.3 Å². The second-order valence-corrected chi connectivity index (χ2v) is 6.07. The summed E-state index contributed by atoms with van der Waals surface area (Å²) in [4.78, 5) is 1.30. The van der Waals surface area contributed by atoms with E-state index in [0.29, 0.717) is 6.04 Å². The molecule has 0 spiro atoms. The average Bonchev–Trinajstić information content (AvgIpc) is 2.27. The van der Waals surface area contributed by atoms with Crippen molar-refractivity contribution >= 4 is 27.7 Å². The minimum Gasteiger partial charge on any atom is -0.310 e. The van der Waals surface area contributed by atoms with Crippen LogP contribution < -0.4 is 5.32 Å². The Kier molecular flexibility index (Phi) is 6.93. The number of nitrogens with one attached hydrogen (secondary N) is 1. The van der Waals surface area contributed by atoms with Crippen LogP contribution in [0.15, 0.2) is 45.3 Å². The van der Waals surface area contributed by atoms with Crippen molar-refractivity contribution in [2.75, 3.05) is 12.3 Å². The second kappa shape index (κ2) is 7.96. The van der Waals surface area contributed by atoms with Crippen LogP contribution in [0.4, 0.5) is 0 Å². The molecule has 1 unspecified atom stereocenters. The SMILES string of the molecule is CCNC(C=C(C)C)CSc1ccccc1Br. The monoisotopic (exact) mass is 313 g/mol. The first-order valence-corrected chi connectivity index (χ1v) is 7.67. The van der Waals surface area contributed by atoms with Gasteiger partial charge in [0.15, 0.2) is 0 Å². The van der Waals surface area contributed by atoms with Crippen LogP contribution in [0.1, 0.15) is 20.8 Å². The van der Waals surface area contributed by atoms with E-state index < -0.39 is 0 Å². The number of rotatable bonds is 6. The van der Waals surface area contributed by atoms with Gasteiger partial charge >= 0.3 is 0 Å². The van der Waals surface area contributed by atoms with Gasteiger partial charge in [-0.2, -0.15) is 0 Å². The Balaban J connectivity index is 2.58. The zero-order chi connectivity index (χ0) is 12.7. The van der Waals surface area contributed by atoms with Crippen molar-refractivity contribution in [3.63, 3.8) is 0 Å². The van der Waals surface area contributed by atoms with Crippen LogP contribution in [-0.2, 0) is 0 Å².